The summed E-state index contributed by atoms with van der Waals surface area (Å²) in [4.78, 5) is 29.7. The van der Waals surface area contributed by atoms with Gasteiger partial charge in [-0.1, -0.05) is 0 Å². The van der Waals surface area contributed by atoms with Crippen molar-refractivity contribution in [3.05, 3.63) is 45.3 Å². The minimum absolute atomic E-state index is 0.0922. The second kappa shape index (κ2) is 6.21. The number of amides is 1. The standard InChI is InChI=1S/C20H24N2O4/c1-13-10-15-16(23)12-18(26-17(15)11-14(13)2)19(24)22-8-9-25-20(22)4-6-21(3)7-5-20/h10-12H,4-9H2,1-3H3. The fourth-order valence-electron chi connectivity index (χ4n) is 3.93. The maximum atomic E-state index is 13.1. The van der Waals surface area contributed by atoms with E-state index >= 15 is 0 Å². The first-order valence-corrected chi connectivity index (χ1v) is 9.09. The Labute approximate surface area is 152 Å². The molecule has 0 N–H and O–H groups in total. The van der Waals surface area contributed by atoms with E-state index in [0.29, 0.717) is 24.1 Å². The molecule has 3 heterocycles. The molecule has 2 aromatic rings. The predicted molar refractivity (Wildman–Crippen MR) is 98.4 cm³/mol. The molecule has 1 amide bonds. The summed E-state index contributed by atoms with van der Waals surface area (Å²) in [6.45, 7) is 6.72. The number of fused-ring (bicyclic) bond motifs is 1. The van der Waals surface area contributed by atoms with Gasteiger partial charge in [-0.05, 0) is 44.2 Å². The average Bonchev–Trinajstić information content (AvgIpc) is 3.02. The second-order valence-corrected chi connectivity index (χ2v) is 7.46. The van der Waals surface area contributed by atoms with Crippen LogP contribution in [0.5, 0.6) is 0 Å². The molecule has 0 aliphatic carbocycles. The lowest BCUT2D eigenvalue weighted by atomic mass is 9.99. The van der Waals surface area contributed by atoms with Gasteiger partial charge >= 0.3 is 0 Å². The lowest BCUT2D eigenvalue weighted by Crippen LogP contribution is -2.54. The number of likely N-dealkylation sites (tertiary alicyclic amines) is 1. The van der Waals surface area contributed by atoms with Crippen molar-refractivity contribution in [1.82, 2.24) is 9.80 Å². The molecule has 6 nitrogen and oxygen atoms in total. The van der Waals surface area contributed by atoms with Gasteiger partial charge in [-0.25, -0.2) is 0 Å². The van der Waals surface area contributed by atoms with Gasteiger partial charge < -0.3 is 19.0 Å². The number of benzene rings is 1. The number of nitrogens with zero attached hydrogens (tertiary/aromatic N) is 2. The zero-order valence-corrected chi connectivity index (χ0v) is 15.5. The molecule has 0 saturated carbocycles. The Bertz CT molecular complexity index is 925. The number of piperidine rings is 1. The molecule has 2 fully saturated rings. The predicted octanol–water partition coefficient (Wildman–Crippen LogP) is 2.30. The third-order valence-electron chi connectivity index (χ3n) is 5.75. The average molecular weight is 356 g/mol. The third kappa shape index (κ3) is 2.73. The molecule has 1 aromatic heterocycles. The van der Waals surface area contributed by atoms with Crippen LogP contribution >= 0.6 is 0 Å². The zero-order chi connectivity index (χ0) is 18.5. The van der Waals surface area contributed by atoms with Crippen LogP contribution in [0.4, 0.5) is 0 Å². The highest BCUT2D eigenvalue weighted by Gasteiger charge is 2.47. The van der Waals surface area contributed by atoms with Crippen LogP contribution in [-0.2, 0) is 4.74 Å². The maximum absolute atomic E-state index is 13.1. The number of hydrogen-bond acceptors (Lipinski definition) is 5. The summed E-state index contributed by atoms with van der Waals surface area (Å²) in [5, 5.41) is 0.510. The van der Waals surface area contributed by atoms with Crippen molar-refractivity contribution in [1.29, 1.82) is 0 Å². The van der Waals surface area contributed by atoms with Gasteiger partial charge in [-0.15, -0.1) is 0 Å². The van der Waals surface area contributed by atoms with Crippen LogP contribution < -0.4 is 5.43 Å². The molecule has 2 aliphatic heterocycles. The highest BCUT2D eigenvalue weighted by Crippen LogP contribution is 2.35. The van der Waals surface area contributed by atoms with Gasteiger partial charge in [0.2, 0.25) is 0 Å². The fourth-order valence-corrected chi connectivity index (χ4v) is 3.93. The lowest BCUT2D eigenvalue weighted by molar-refractivity contribution is -0.103. The summed E-state index contributed by atoms with van der Waals surface area (Å²) in [6.07, 6.45) is 1.54. The lowest BCUT2D eigenvalue weighted by Gasteiger charge is -2.42. The Hall–Kier alpha value is -2.18. The first kappa shape index (κ1) is 17.2. The molecule has 6 heteroatoms. The van der Waals surface area contributed by atoms with Gasteiger partial charge in [0, 0.05) is 38.5 Å². The van der Waals surface area contributed by atoms with Crippen molar-refractivity contribution in [3.63, 3.8) is 0 Å². The molecule has 2 saturated heterocycles. The Kier molecular flexibility index (Phi) is 4.12. The van der Waals surface area contributed by atoms with Crippen LogP contribution in [-0.4, -0.2) is 54.7 Å². The van der Waals surface area contributed by atoms with E-state index in [1.54, 1.807) is 4.90 Å². The molecule has 0 radical (unpaired) electrons. The summed E-state index contributed by atoms with van der Waals surface area (Å²) in [7, 11) is 2.07. The van der Waals surface area contributed by atoms with Gasteiger partial charge in [0.15, 0.2) is 11.2 Å². The molecule has 1 spiro atoms. The van der Waals surface area contributed by atoms with Gasteiger partial charge in [0.1, 0.15) is 11.3 Å². The van der Waals surface area contributed by atoms with E-state index in [-0.39, 0.29) is 17.1 Å². The van der Waals surface area contributed by atoms with E-state index < -0.39 is 5.72 Å². The minimum atomic E-state index is -0.569. The topological polar surface area (TPSA) is 63.0 Å². The van der Waals surface area contributed by atoms with Crippen molar-refractivity contribution in [3.8, 4) is 0 Å². The van der Waals surface area contributed by atoms with Crippen molar-refractivity contribution in [2.75, 3.05) is 33.3 Å². The molecule has 1 aromatic carbocycles. The molecule has 0 atom stereocenters. The van der Waals surface area contributed by atoms with Crippen molar-refractivity contribution >= 4 is 16.9 Å². The number of aryl methyl sites for hydroxylation is 2. The van der Waals surface area contributed by atoms with Crippen molar-refractivity contribution < 1.29 is 13.9 Å². The normalized spacial score (nSPS) is 20.2. The Morgan fingerprint density at radius 2 is 1.77 bits per heavy atom. The monoisotopic (exact) mass is 356 g/mol. The zero-order valence-electron chi connectivity index (χ0n) is 15.5. The van der Waals surface area contributed by atoms with Crippen LogP contribution in [0.25, 0.3) is 11.0 Å². The van der Waals surface area contributed by atoms with Crippen molar-refractivity contribution in [2.45, 2.75) is 32.4 Å². The number of carbonyl (C=O) groups is 1. The molecule has 138 valence electrons. The second-order valence-electron chi connectivity index (χ2n) is 7.46. The van der Waals surface area contributed by atoms with E-state index in [4.69, 9.17) is 9.15 Å². The maximum Gasteiger partial charge on any atom is 0.292 e. The molecule has 0 bridgehead atoms. The molecular formula is C20H24N2O4. The first-order valence-electron chi connectivity index (χ1n) is 9.09. The summed E-state index contributed by atoms with van der Waals surface area (Å²) in [5.74, 6) is -0.168. The molecule has 0 unspecified atom stereocenters. The number of rotatable bonds is 1. The van der Waals surface area contributed by atoms with Crippen LogP contribution in [0.15, 0.2) is 27.4 Å². The summed E-state index contributed by atoms with van der Waals surface area (Å²) in [5.41, 5.74) is 1.76. The smallest absolute Gasteiger partial charge is 0.292 e. The van der Waals surface area contributed by atoms with Crippen LogP contribution in [0.2, 0.25) is 0 Å². The van der Waals surface area contributed by atoms with Crippen LogP contribution in [0.1, 0.15) is 34.5 Å². The minimum Gasteiger partial charge on any atom is -0.451 e. The molecule has 2 aliphatic rings. The highest BCUT2D eigenvalue weighted by atomic mass is 16.5. The number of carbonyl (C=O) groups excluding carboxylic acids is 1. The molecular weight excluding hydrogens is 332 g/mol. The Morgan fingerprint density at radius 1 is 1.08 bits per heavy atom. The highest BCUT2D eigenvalue weighted by molar-refractivity contribution is 5.94. The van der Waals surface area contributed by atoms with Crippen LogP contribution in [0, 0.1) is 13.8 Å². The van der Waals surface area contributed by atoms with E-state index in [2.05, 4.69) is 11.9 Å². The fraction of sp³-hybridized carbons (Fsp3) is 0.500. The number of hydrogen-bond donors (Lipinski definition) is 0. The Morgan fingerprint density at radius 3 is 2.50 bits per heavy atom. The van der Waals surface area contributed by atoms with E-state index in [1.807, 2.05) is 26.0 Å². The van der Waals surface area contributed by atoms with Crippen LogP contribution in [0.3, 0.4) is 0 Å². The van der Waals surface area contributed by atoms with Gasteiger partial charge in [0.25, 0.3) is 5.91 Å². The van der Waals surface area contributed by atoms with E-state index in [0.717, 1.165) is 37.1 Å². The third-order valence-corrected chi connectivity index (χ3v) is 5.75. The molecule has 26 heavy (non-hydrogen) atoms. The summed E-state index contributed by atoms with van der Waals surface area (Å²) >= 11 is 0. The quantitative estimate of drug-likeness (QED) is 0.785. The summed E-state index contributed by atoms with van der Waals surface area (Å²) in [6, 6.07) is 4.97. The largest absolute Gasteiger partial charge is 0.451 e. The number of ether oxygens (including phenoxy) is 1. The van der Waals surface area contributed by atoms with E-state index in [9.17, 15) is 9.59 Å². The SMILES string of the molecule is Cc1cc2oc(C(=O)N3CCOC34CCN(C)CC4)cc(=O)c2cc1C. The van der Waals surface area contributed by atoms with E-state index in [1.165, 1.54) is 6.07 Å². The molecule has 4 rings (SSSR count). The van der Waals surface area contributed by atoms with Crippen molar-refractivity contribution in [2.24, 2.45) is 0 Å². The van der Waals surface area contributed by atoms with Gasteiger partial charge in [-0.2, -0.15) is 0 Å². The first-order chi connectivity index (χ1) is 12.4. The summed E-state index contributed by atoms with van der Waals surface area (Å²) < 4.78 is 11.8. The van der Waals surface area contributed by atoms with Gasteiger partial charge in [-0.3, -0.25) is 9.59 Å². The Balaban J connectivity index is 1.72. The van der Waals surface area contributed by atoms with Gasteiger partial charge in [0.05, 0.1) is 12.0 Å².